The SMILES string of the molecule is N#CC=Cc1c[nH]c2ncccc12. The summed E-state index contributed by atoms with van der Waals surface area (Å²) in [6.07, 6.45) is 6.79. The fourth-order valence-corrected chi connectivity index (χ4v) is 1.24. The summed E-state index contributed by atoms with van der Waals surface area (Å²) in [7, 11) is 0. The van der Waals surface area contributed by atoms with Gasteiger partial charge in [0.2, 0.25) is 0 Å². The highest BCUT2D eigenvalue weighted by atomic mass is 14.8. The zero-order chi connectivity index (χ0) is 9.10. The average molecular weight is 169 g/mol. The first-order valence-electron chi connectivity index (χ1n) is 3.90. The monoisotopic (exact) mass is 169 g/mol. The van der Waals surface area contributed by atoms with Crippen molar-refractivity contribution in [3.8, 4) is 6.07 Å². The molecular weight excluding hydrogens is 162 g/mol. The minimum absolute atomic E-state index is 0.847. The smallest absolute Gasteiger partial charge is 0.137 e. The number of nitrogens with one attached hydrogen (secondary N) is 1. The van der Waals surface area contributed by atoms with Crippen molar-refractivity contribution in [3.05, 3.63) is 36.2 Å². The molecule has 0 radical (unpaired) electrons. The van der Waals surface area contributed by atoms with E-state index < -0.39 is 0 Å². The maximum Gasteiger partial charge on any atom is 0.137 e. The fourth-order valence-electron chi connectivity index (χ4n) is 1.24. The molecule has 2 heterocycles. The second-order valence-electron chi connectivity index (χ2n) is 2.61. The Morgan fingerprint density at radius 1 is 1.54 bits per heavy atom. The minimum atomic E-state index is 0.847. The number of rotatable bonds is 1. The summed E-state index contributed by atoms with van der Waals surface area (Å²) in [6.45, 7) is 0. The van der Waals surface area contributed by atoms with Gasteiger partial charge in [-0.15, -0.1) is 0 Å². The van der Waals surface area contributed by atoms with Gasteiger partial charge in [0.1, 0.15) is 5.65 Å². The molecule has 0 bridgehead atoms. The van der Waals surface area contributed by atoms with Crippen LogP contribution >= 0.6 is 0 Å². The third-order valence-corrected chi connectivity index (χ3v) is 1.82. The quantitative estimate of drug-likeness (QED) is 0.664. The van der Waals surface area contributed by atoms with E-state index in [-0.39, 0.29) is 0 Å². The average Bonchev–Trinajstić information content (AvgIpc) is 2.58. The largest absolute Gasteiger partial charge is 0.346 e. The van der Waals surface area contributed by atoms with E-state index in [9.17, 15) is 0 Å². The van der Waals surface area contributed by atoms with Crippen molar-refractivity contribution in [2.24, 2.45) is 0 Å². The molecule has 62 valence electrons. The van der Waals surface area contributed by atoms with E-state index in [1.807, 2.05) is 24.4 Å². The van der Waals surface area contributed by atoms with Crippen LogP contribution in [0.15, 0.2) is 30.6 Å². The molecule has 0 aromatic carbocycles. The van der Waals surface area contributed by atoms with Gasteiger partial charge in [-0.2, -0.15) is 5.26 Å². The van der Waals surface area contributed by atoms with Gasteiger partial charge in [-0.3, -0.25) is 0 Å². The molecule has 0 atom stereocenters. The van der Waals surface area contributed by atoms with Gasteiger partial charge in [-0.25, -0.2) is 4.98 Å². The number of aromatic nitrogens is 2. The summed E-state index contributed by atoms with van der Waals surface area (Å²) in [6, 6.07) is 5.80. The molecule has 0 spiro atoms. The number of H-pyrrole nitrogens is 1. The first-order chi connectivity index (χ1) is 6.42. The van der Waals surface area contributed by atoms with E-state index >= 15 is 0 Å². The Balaban J connectivity index is 2.59. The molecule has 0 saturated heterocycles. The summed E-state index contributed by atoms with van der Waals surface area (Å²) in [5, 5.41) is 9.41. The number of aromatic amines is 1. The van der Waals surface area contributed by atoms with Crippen molar-refractivity contribution in [1.82, 2.24) is 9.97 Å². The zero-order valence-electron chi connectivity index (χ0n) is 6.86. The molecule has 3 heteroatoms. The lowest BCUT2D eigenvalue weighted by Crippen LogP contribution is -1.72. The number of nitriles is 1. The van der Waals surface area contributed by atoms with Crippen molar-refractivity contribution < 1.29 is 0 Å². The van der Waals surface area contributed by atoms with E-state index in [0.29, 0.717) is 0 Å². The van der Waals surface area contributed by atoms with Crippen molar-refractivity contribution in [1.29, 1.82) is 5.26 Å². The first-order valence-corrected chi connectivity index (χ1v) is 3.90. The normalized spacial score (nSPS) is 10.7. The lowest BCUT2D eigenvalue weighted by molar-refractivity contribution is 1.33. The summed E-state index contributed by atoms with van der Waals surface area (Å²) >= 11 is 0. The van der Waals surface area contributed by atoms with Crippen LogP contribution in [0.3, 0.4) is 0 Å². The minimum Gasteiger partial charge on any atom is -0.346 e. The van der Waals surface area contributed by atoms with Crippen molar-refractivity contribution >= 4 is 17.1 Å². The highest BCUT2D eigenvalue weighted by Gasteiger charge is 1.98. The molecule has 13 heavy (non-hydrogen) atoms. The summed E-state index contributed by atoms with van der Waals surface area (Å²) in [5.74, 6) is 0. The van der Waals surface area contributed by atoms with E-state index in [1.54, 1.807) is 12.3 Å². The maximum atomic E-state index is 8.37. The molecule has 2 aromatic heterocycles. The molecular formula is C10H7N3. The van der Waals surface area contributed by atoms with E-state index in [0.717, 1.165) is 16.6 Å². The van der Waals surface area contributed by atoms with Gasteiger partial charge in [0.15, 0.2) is 0 Å². The van der Waals surface area contributed by atoms with Crippen molar-refractivity contribution in [2.45, 2.75) is 0 Å². The zero-order valence-corrected chi connectivity index (χ0v) is 6.86. The van der Waals surface area contributed by atoms with Gasteiger partial charge in [0.05, 0.1) is 6.07 Å². The van der Waals surface area contributed by atoms with Crippen LogP contribution < -0.4 is 0 Å². The Labute approximate surface area is 75.3 Å². The van der Waals surface area contributed by atoms with E-state index in [2.05, 4.69) is 9.97 Å². The van der Waals surface area contributed by atoms with Gasteiger partial charge in [0, 0.05) is 29.4 Å². The highest BCUT2D eigenvalue weighted by Crippen LogP contribution is 2.16. The standard InChI is InChI=1S/C10H7N3/c11-5-1-3-8-7-13-10-9(8)4-2-6-12-10/h1-4,6-7H,(H,12,13). The van der Waals surface area contributed by atoms with Gasteiger partial charge >= 0.3 is 0 Å². The Morgan fingerprint density at radius 2 is 2.46 bits per heavy atom. The summed E-state index contributed by atoms with van der Waals surface area (Å²) < 4.78 is 0. The number of allylic oxidation sites excluding steroid dienone is 1. The number of fused-ring (bicyclic) bond motifs is 1. The van der Waals surface area contributed by atoms with Crippen molar-refractivity contribution in [3.63, 3.8) is 0 Å². The predicted octanol–water partition coefficient (Wildman–Crippen LogP) is 2.10. The number of hydrogen-bond acceptors (Lipinski definition) is 2. The Morgan fingerprint density at radius 3 is 3.31 bits per heavy atom. The third kappa shape index (κ3) is 1.30. The van der Waals surface area contributed by atoms with Gasteiger partial charge in [-0.1, -0.05) is 0 Å². The molecule has 0 aliphatic heterocycles. The highest BCUT2D eigenvalue weighted by molar-refractivity contribution is 5.86. The summed E-state index contributed by atoms with van der Waals surface area (Å²) in [5.41, 5.74) is 1.84. The Kier molecular flexibility index (Phi) is 1.81. The van der Waals surface area contributed by atoms with Crippen LogP contribution in [0.5, 0.6) is 0 Å². The van der Waals surface area contributed by atoms with Crippen LogP contribution in [0.4, 0.5) is 0 Å². The topological polar surface area (TPSA) is 52.5 Å². The van der Waals surface area contributed by atoms with Gasteiger partial charge in [-0.05, 0) is 18.2 Å². The van der Waals surface area contributed by atoms with Crippen LogP contribution in [0, 0.1) is 11.3 Å². The van der Waals surface area contributed by atoms with Gasteiger partial charge in [0.25, 0.3) is 0 Å². The van der Waals surface area contributed by atoms with Crippen LogP contribution in [0.2, 0.25) is 0 Å². The Bertz CT molecular complexity index is 488. The molecule has 2 aromatic rings. The molecule has 0 unspecified atom stereocenters. The van der Waals surface area contributed by atoms with Gasteiger partial charge < -0.3 is 4.98 Å². The lowest BCUT2D eigenvalue weighted by Gasteiger charge is -1.87. The van der Waals surface area contributed by atoms with Crippen LogP contribution in [0.25, 0.3) is 17.1 Å². The number of pyridine rings is 1. The molecule has 0 aliphatic rings. The number of nitrogens with zero attached hydrogens (tertiary/aromatic N) is 2. The number of hydrogen-bond donors (Lipinski definition) is 1. The van der Waals surface area contributed by atoms with Crippen LogP contribution in [0.1, 0.15) is 5.56 Å². The van der Waals surface area contributed by atoms with Crippen LogP contribution in [-0.4, -0.2) is 9.97 Å². The molecule has 0 aliphatic carbocycles. The molecule has 0 saturated carbocycles. The second kappa shape index (κ2) is 3.11. The fraction of sp³-hybridized carbons (Fsp3) is 0. The molecule has 2 rings (SSSR count). The van der Waals surface area contributed by atoms with Crippen LogP contribution in [-0.2, 0) is 0 Å². The Hall–Kier alpha value is -2.08. The van der Waals surface area contributed by atoms with E-state index in [1.165, 1.54) is 6.08 Å². The molecule has 0 amide bonds. The molecule has 3 nitrogen and oxygen atoms in total. The lowest BCUT2D eigenvalue weighted by atomic mass is 10.2. The second-order valence-corrected chi connectivity index (χ2v) is 2.61. The molecule has 1 N–H and O–H groups in total. The van der Waals surface area contributed by atoms with E-state index in [4.69, 9.17) is 5.26 Å². The third-order valence-electron chi connectivity index (χ3n) is 1.82. The summed E-state index contributed by atoms with van der Waals surface area (Å²) in [4.78, 5) is 7.16. The predicted molar refractivity (Wildman–Crippen MR) is 50.7 cm³/mol. The maximum absolute atomic E-state index is 8.37. The molecule has 0 fully saturated rings. The van der Waals surface area contributed by atoms with Crippen molar-refractivity contribution in [2.75, 3.05) is 0 Å². The first kappa shape index (κ1) is 7.56.